The number of anilines is 2. The molecule has 0 saturated carbocycles. The lowest BCUT2D eigenvalue weighted by atomic mass is 10.2. The van der Waals surface area contributed by atoms with Gasteiger partial charge in [-0.1, -0.05) is 11.6 Å². The molecule has 0 bridgehead atoms. The van der Waals surface area contributed by atoms with E-state index in [1.807, 2.05) is 0 Å². The van der Waals surface area contributed by atoms with Crippen molar-refractivity contribution in [2.75, 3.05) is 31.0 Å². The molecule has 3 aromatic rings. The number of halogens is 2. The highest BCUT2D eigenvalue weighted by Crippen LogP contribution is 2.30. The van der Waals surface area contributed by atoms with Crippen molar-refractivity contribution in [1.29, 1.82) is 0 Å². The molecule has 0 radical (unpaired) electrons. The SMILES string of the molecule is COCCOc1ncccc1NC(=O)c1sc(NC(=O)c2ccc(F)cc2Cl)cc1C. The molecule has 10 heteroatoms. The van der Waals surface area contributed by atoms with Crippen LogP contribution in [-0.4, -0.2) is 37.1 Å². The number of pyridine rings is 1. The molecule has 3 rings (SSSR count). The first-order chi connectivity index (χ1) is 14.9. The van der Waals surface area contributed by atoms with Gasteiger partial charge in [-0.15, -0.1) is 11.3 Å². The van der Waals surface area contributed by atoms with E-state index in [2.05, 4.69) is 15.6 Å². The largest absolute Gasteiger partial charge is 0.474 e. The number of nitrogens with one attached hydrogen (secondary N) is 2. The molecule has 0 aliphatic heterocycles. The zero-order chi connectivity index (χ0) is 22.4. The number of rotatable bonds is 8. The number of hydrogen-bond acceptors (Lipinski definition) is 6. The molecule has 0 saturated heterocycles. The number of carbonyl (C=O) groups excluding carboxylic acids is 2. The normalized spacial score (nSPS) is 10.6. The van der Waals surface area contributed by atoms with Crippen molar-refractivity contribution in [2.45, 2.75) is 6.92 Å². The van der Waals surface area contributed by atoms with Crippen molar-refractivity contribution in [1.82, 2.24) is 4.98 Å². The van der Waals surface area contributed by atoms with Gasteiger partial charge in [-0.25, -0.2) is 9.37 Å². The molecule has 0 aliphatic carbocycles. The number of ether oxygens (including phenoxy) is 2. The number of thiophene rings is 1. The van der Waals surface area contributed by atoms with Gasteiger partial charge in [0.2, 0.25) is 5.88 Å². The highest BCUT2D eigenvalue weighted by molar-refractivity contribution is 7.18. The van der Waals surface area contributed by atoms with Gasteiger partial charge in [-0.2, -0.15) is 0 Å². The summed E-state index contributed by atoms with van der Waals surface area (Å²) >= 11 is 7.04. The predicted molar refractivity (Wildman–Crippen MR) is 118 cm³/mol. The fourth-order valence-corrected chi connectivity index (χ4v) is 3.84. The number of nitrogens with zero attached hydrogens (tertiary/aromatic N) is 1. The molecular weight excluding hydrogens is 445 g/mol. The third kappa shape index (κ3) is 5.78. The van der Waals surface area contributed by atoms with Crippen LogP contribution >= 0.6 is 22.9 Å². The zero-order valence-corrected chi connectivity index (χ0v) is 18.3. The van der Waals surface area contributed by atoms with Crippen LogP contribution < -0.4 is 15.4 Å². The van der Waals surface area contributed by atoms with E-state index in [4.69, 9.17) is 21.1 Å². The molecule has 2 aromatic heterocycles. The summed E-state index contributed by atoms with van der Waals surface area (Å²) in [4.78, 5) is 29.8. The molecule has 7 nitrogen and oxygen atoms in total. The number of hydrogen-bond donors (Lipinski definition) is 2. The van der Waals surface area contributed by atoms with E-state index in [0.29, 0.717) is 27.7 Å². The summed E-state index contributed by atoms with van der Waals surface area (Å²) in [5, 5.41) is 5.92. The Hall–Kier alpha value is -3.01. The number of methoxy groups -OCH3 is 1. The Labute approximate surface area is 187 Å². The van der Waals surface area contributed by atoms with Crippen molar-refractivity contribution in [3.63, 3.8) is 0 Å². The second kappa shape index (κ2) is 10.3. The van der Waals surface area contributed by atoms with E-state index in [1.165, 1.54) is 6.07 Å². The van der Waals surface area contributed by atoms with Crippen LogP contribution in [0.25, 0.3) is 0 Å². The van der Waals surface area contributed by atoms with Crippen LogP contribution in [0.1, 0.15) is 25.6 Å². The molecule has 2 heterocycles. The fraction of sp³-hybridized carbons (Fsp3) is 0.190. The van der Waals surface area contributed by atoms with Gasteiger partial charge in [0.1, 0.15) is 18.1 Å². The summed E-state index contributed by atoms with van der Waals surface area (Å²) in [7, 11) is 1.56. The number of aromatic nitrogens is 1. The summed E-state index contributed by atoms with van der Waals surface area (Å²) in [5.74, 6) is -1.12. The third-order valence-electron chi connectivity index (χ3n) is 4.08. The van der Waals surface area contributed by atoms with E-state index < -0.39 is 11.7 Å². The minimum absolute atomic E-state index is 0.00123. The number of aryl methyl sites for hydroxylation is 1. The lowest BCUT2D eigenvalue weighted by molar-refractivity contribution is 0.101. The first-order valence-electron chi connectivity index (χ1n) is 9.14. The average Bonchev–Trinajstić information content (AvgIpc) is 3.09. The fourth-order valence-electron chi connectivity index (χ4n) is 2.62. The standard InChI is InChI=1S/C21H19ClFN3O4S/c1-12-10-17(26-19(27)14-6-5-13(23)11-15(14)22)31-18(12)20(28)25-16-4-3-7-24-21(16)30-9-8-29-2/h3-7,10-11H,8-9H2,1-2H3,(H,25,28)(H,26,27). The van der Waals surface area contributed by atoms with Crippen molar-refractivity contribution in [3.8, 4) is 5.88 Å². The molecule has 31 heavy (non-hydrogen) atoms. The Bertz CT molecular complexity index is 1110. The lowest BCUT2D eigenvalue weighted by Gasteiger charge is -2.10. The molecule has 0 aliphatic rings. The third-order valence-corrected chi connectivity index (χ3v) is 5.55. The maximum absolute atomic E-state index is 13.2. The summed E-state index contributed by atoms with van der Waals surface area (Å²) in [5.41, 5.74) is 1.22. The monoisotopic (exact) mass is 463 g/mol. The topological polar surface area (TPSA) is 89.6 Å². The molecule has 0 unspecified atom stereocenters. The second-order valence-corrected chi connectivity index (χ2v) is 7.81. The Balaban J connectivity index is 1.72. The van der Waals surface area contributed by atoms with Gasteiger partial charge in [0.15, 0.2) is 0 Å². The van der Waals surface area contributed by atoms with Crippen molar-refractivity contribution < 1.29 is 23.5 Å². The van der Waals surface area contributed by atoms with E-state index in [-0.39, 0.29) is 29.0 Å². The Morgan fingerprint density at radius 1 is 1.16 bits per heavy atom. The van der Waals surface area contributed by atoms with E-state index in [1.54, 1.807) is 38.4 Å². The second-order valence-electron chi connectivity index (χ2n) is 6.35. The summed E-state index contributed by atoms with van der Waals surface area (Å²) in [6.07, 6.45) is 1.56. The van der Waals surface area contributed by atoms with E-state index >= 15 is 0 Å². The minimum atomic E-state index is -0.534. The van der Waals surface area contributed by atoms with Crippen LogP contribution in [0.3, 0.4) is 0 Å². The highest BCUT2D eigenvalue weighted by Gasteiger charge is 2.18. The van der Waals surface area contributed by atoms with Gasteiger partial charge in [-0.3, -0.25) is 9.59 Å². The van der Waals surface area contributed by atoms with Crippen LogP contribution in [0.4, 0.5) is 15.1 Å². The van der Waals surface area contributed by atoms with Crippen LogP contribution in [0, 0.1) is 12.7 Å². The molecule has 2 amide bonds. The zero-order valence-electron chi connectivity index (χ0n) is 16.7. The lowest BCUT2D eigenvalue weighted by Crippen LogP contribution is -2.14. The molecule has 1 aromatic carbocycles. The molecule has 0 fully saturated rings. The smallest absolute Gasteiger partial charge is 0.266 e. The number of amides is 2. The molecule has 2 N–H and O–H groups in total. The van der Waals surface area contributed by atoms with E-state index in [9.17, 15) is 14.0 Å². The van der Waals surface area contributed by atoms with Gasteiger partial charge in [-0.05, 0) is 48.9 Å². The summed E-state index contributed by atoms with van der Waals surface area (Å²) in [6.45, 7) is 2.43. The van der Waals surface area contributed by atoms with Crippen molar-refractivity contribution in [3.05, 3.63) is 69.4 Å². The maximum Gasteiger partial charge on any atom is 0.266 e. The van der Waals surface area contributed by atoms with E-state index in [0.717, 1.165) is 23.5 Å². The van der Waals surface area contributed by atoms with Crippen LogP contribution in [0.5, 0.6) is 5.88 Å². The average molecular weight is 464 g/mol. The summed E-state index contributed by atoms with van der Waals surface area (Å²) in [6, 6.07) is 8.55. The highest BCUT2D eigenvalue weighted by atomic mass is 35.5. The van der Waals surface area contributed by atoms with Gasteiger partial charge in [0, 0.05) is 13.3 Å². The van der Waals surface area contributed by atoms with Crippen LogP contribution in [0.15, 0.2) is 42.6 Å². The first-order valence-corrected chi connectivity index (χ1v) is 10.3. The molecule has 0 atom stereocenters. The van der Waals surface area contributed by atoms with Crippen LogP contribution in [-0.2, 0) is 4.74 Å². The molecular formula is C21H19ClFN3O4S. The Morgan fingerprint density at radius 2 is 1.97 bits per heavy atom. The van der Waals surface area contributed by atoms with Gasteiger partial charge in [0.25, 0.3) is 11.8 Å². The van der Waals surface area contributed by atoms with Crippen LogP contribution in [0.2, 0.25) is 5.02 Å². The number of benzene rings is 1. The van der Waals surface area contributed by atoms with Gasteiger partial charge >= 0.3 is 0 Å². The van der Waals surface area contributed by atoms with Gasteiger partial charge < -0.3 is 20.1 Å². The van der Waals surface area contributed by atoms with Crippen molar-refractivity contribution in [2.24, 2.45) is 0 Å². The Kier molecular flexibility index (Phi) is 7.56. The molecule has 162 valence electrons. The van der Waals surface area contributed by atoms with Crippen molar-refractivity contribution >= 4 is 45.4 Å². The number of carbonyl (C=O) groups is 2. The predicted octanol–water partition coefficient (Wildman–Crippen LogP) is 4.77. The maximum atomic E-state index is 13.2. The molecule has 0 spiro atoms. The minimum Gasteiger partial charge on any atom is -0.474 e. The quantitative estimate of drug-likeness (QED) is 0.469. The first kappa shape index (κ1) is 22.7. The van der Waals surface area contributed by atoms with Gasteiger partial charge in [0.05, 0.1) is 27.1 Å². The summed E-state index contributed by atoms with van der Waals surface area (Å²) < 4.78 is 23.7. The Morgan fingerprint density at radius 3 is 2.71 bits per heavy atom.